The van der Waals surface area contributed by atoms with Gasteiger partial charge in [0.15, 0.2) is 0 Å². The van der Waals surface area contributed by atoms with Crippen molar-refractivity contribution in [2.45, 2.75) is 26.8 Å². The summed E-state index contributed by atoms with van der Waals surface area (Å²) in [5.74, 6) is 1.34. The highest BCUT2D eigenvalue weighted by Crippen LogP contribution is 2.35. The van der Waals surface area contributed by atoms with Gasteiger partial charge in [-0.3, -0.25) is 0 Å². The highest BCUT2D eigenvalue weighted by Gasteiger charge is 2.30. The van der Waals surface area contributed by atoms with Crippen LogP contribution in [0.3, 0.4) is 0 Å². The maximum Gasteiger partial charge on any atom is 0.320 e. The molecule has 10 nitrogen and oxygen atoms in total. The van der Waals surface area contributed by atoms with Crippen LogP contribution in [0.25, 0.3) is 0 Å². The monoisotopic (exact) mass is 509 g/mol. The molecular formula is C28H27N7O3. The Kier molecular flexibility index (Phi) is 7.07. The number of aryl methyl sites for hydroxylation is 2. The van der Waals surface area contributed by atoms with E-state index in [-0.39, 0.29) is 6.03 Å². The zero-order chi connectivity index (χ0) is 26.6. The molecule has 0 radical (unpaired) electrons. The Hall–Kier alpha value is -4.67. The second-order valence-electron chi connectivity index (χ2n) is 9.30. The molecule has 1 N–H and O–H groups in total. The molecule has 3 heterocycles. The standard InChI is InChI=1S/C28H27N7O3/c1-18-13-21(16-30)14-19(2)25(18)38-26-23-17-35(28(36)34-9-11-37-12-10-34)8-7-24(23)32-27(33-26)31-22-5-3-20(15-29)4-6-22/h3-6,13-14H,7-12,17H2,1-2H3,(H,31,32,33). The molecule has 0 spiro atoms. The fourth-order valence-corrected chi connectivity index (χ4v) is 4.67. The molecule has 38 heavy (non-hydrogen) atoms. The lowest BCUT2D eigenvalue weighted by Gasteiger charge is -2.35. The van der Waals surface area contributed by atoms with Crippen LogP contribution in [-0.4, -0.2) is 58.6 Å². The maximum absolute atomic E-state index is 13.2. The molecule has 2 aliphatic rings. The van der Waals surface area contributed by atoms with E-state index in [1.807, 2.05) is 18.7 Å². The average molecular weight is 510 g/mol. The van der Waals surface area contributed by atoms with E-state index >= 15 is 0 Å². The summed E-state index contributed by atoms with van der Waals surface area (Å²) in [4.78, 5) is 26.3. The van der Waals surface area contributed by atoms with E-state index in [1.54, 1.807) is 41.3 Å². The molecule has 0 aliphatic carbocycles. The van der Waals surface area contributed by atoms with Gasteiger partial charge >= 0.3 is 6.03 Å². The Labute approximate surface area is 221 Å². The van der Waals surface area contributed by atoms with Crippen molar-refractivity contribution in [3.8, 4) is 23.8 Å². The van der Waals surface area contributed by atoms with Crippen LogP contribution in [0.1, 0.15) is 33.5 Å². The summed E-state index contributed by atoms with van der Waals surface area (Å²) < 4.78 is 11.8. The van der Waals surface area contributed by atoms with Crippen molar-refractivity contribution in [3.05, 3.63) is 69.9 Å². The molecular weight excluding hydrogens is 482 g/mol. The zero-order valence-electron chi connectivity index (χ0n) is 21.3. The van der Waals surface area contributed by atoms with Crippen LogP contribution in [0, 0.1) is 36.5 Å². The Morgan fingerprint density at radius 3 is 2.32 bits per heavy atom. The van der Waals surface area contributed by atoms with Crippen molar-refractivity contribution < 1.29 is 14.3 Å². The molecule has 5 rings (SSSR count). The smallest absolute Gasteiger partial charge is 0.320 e. The van der Waals surface area contributed by atoms with E-state index in [0.717, 1.165) is 28.1 Å². The number of hydrogen-bond donors (Lipinski definition) is 1. The van der Waals surface area contributed by atoms with Crippen LogP contribution in [0.15, 0.2) is 36.4 Å². The van der Waals surface area contributed by atoms with Crippen LogP contribution in [0.4, 0.5) is 16.4 Å². The number of nitriles is 2. The molecule has 2 aromatic carbocycles. The van der Waals surface area contributed by atoms with Crippen molar-refractivity contribution in [1.82, 2.24) is 19.8 Å². The number of hydrogen-bond acceptors (Lipinski definition) is 8. The molecule has 0 bridgehead atoms. The van der Waals surface area contributed by atoms with Gasteiger partial charge in [0.2, 0.25) is 11.8 Å². The van der Waals surface area contributed by atoms with Crippen LogP contribution in [0.5, 0.6) is 11.6 Å². The maximum atomic E-state index is 13.2. The van der Waals surface area contributed by atoms with Gasteiger partial charge in [-0.2, -0.15) is 15.5 Å². The number of fused-ring (bicyclic) bond motifs is 1. The second-order valence-corrected chi connectivity index (χ2v) is 9.30. The summed E-state index contributed by atoms with van der Waals surface area (Å²) in [6, 6.07) is 14.8. The van der Waals surface area contributed by atoms with Gasteiger partial charge in [0.05, 0.1) is 54.3 Å². The van der Waals surface area contributed by atoms with E-state index in [9.17, 15) is 10.1 Å². The van der Waals surface area contributed by atoms with Crippen molar-refractivity contribution in [2.24, 2.45) is 0 Å². The van der Waals surface area contributed by atoms with Crippen molar-refractivity contribution >= 4 is 17.7 Å². The number of morpholine rings is 1. The molecule has 1 fully saturated rings. The zero-order valence-corrected chi connectivity index (χ0v) is 21.3. The fourth-order valence-electron chi connectivity index (χ4n) is 4.67. The lowest BCUT2D eigenvalue weighted by Crippen LogP contribution is -2.49. The lowest BCUT2D eigenvalue weighted by molar-refractivity contribution is 0.0420. The summed E-state index contributed by atoms with van der Waals surface area (Å²) in [6.45, 7) is 6.85. The number of carbonyl (C=O) groups excluding carboxylic acids is 1. The van der Waals surface area contributed by atoms with Gasteiger partial charge in [-0.1, -0.05) is 0 Å². The van der Waals surface area contributed by atoms with Crippen molar-refractivity contribution in [2.75, 3.05) is 38.2 Å². The van der Waals surface area contributed by atoms with Crippen LogP contribution < -0.4 is 10.1 Å². The Morgan fingerprint density at radius 2 is 1.66 bits per heavy atom. The van der Waals surface area contributed by atoms with E-state index in [2.05, 4.69) is 17.5 Å². The van der Waals surface area contributed by atoms with Gasteiger partial charge in [-0.15, -0.1) is 0 Å². The molecule has 10 heteroatoms. The molecule has 1 aromatic heterocycles. The summed E-state index contributed by atoms with van der Waals surface area (Å²) in [5.41, 5.74) is 5.04. The number of aromatic nitrogens is 2. The van der Waals surface area contributed by atoms with Crippen molar-refractivity contribution in [1.29, 1.82) is 10.5 Å². The van der Waals surface area contributed by atoms with Gasteiger partial charge in [0, 0.05) is 31.7 Å². The van der Waals surface area contributed by atoms with Gasteiger partial charge < -0.3 is 24.6 Å². The highest BCUT2D eigenvalue weighted by molar-refractivity contribution is 5.75. The molecule has 0 atom stereocenters. The normalized spacial score (nSPS) is 14.7. The average Bonchev–Trinajstić information content (AvgIpc) is 2.95. The predicted molar refractivity (Wildman–Crippen MR) is 139 cm³/mol. The van der Waals surface area contributed by atoms with E-state index in [4.69, 9.17) is 24.7 Å². The van der Waals surface area contributed by atoms with E-state index in [1.165, 1.54) is 0 Å². The minimum atomic E-state index is -0.0320. The molecule has 1 saturated heterocycles. The van der Waals surface area contributed by atoms with Crippen LogP contribution >= 0.6 is 0 Å². The number of anilines is 2. The van der Waals surface area contributed by atoms with Gasteiger partial charge in [-0.05, 0) is 61.4 Å². The number of rotatable bonds is 4. The third kappa shape index (κ3) is 5.22. The molecule has 2 amide bonds. The molecule has 0 saturated carbocycles. The van der Waals surface area contributed by atoms with E-state index < -0.39 is 0 Å². The van der Waals surface area contributed by atoms with Crippen LogP contribution in [0.2, 0.25) is 0 Å². The number of benzene rings is 2. The summed E-state index contributed by atoms with van der Waals surface area (Å²) >= 11 is 0. The van der Waals surface area contributed by atoms with Crippen molar-refractivity contribution in [3.63, 3.8) is 0 Å². The summed E-state index contributed by atoms with van der Waals surface area (Å²) in [7, 11) is 0. The first-order valence-electron chi connectivity index (χ1n) is 12.4. The molecule has 0 unspecified atom stereocenters. The Bertz CT molecular complexity index is 1430. The summed E-state index contributed by atoms with van der Waals surface area (Å²) in [5, 5.41) is 21.6. The van der Waals surface area contributed by atoms with Crippen LogP contribution in [-0.2, 0) is 17.7 Å². The first kappa shape index (κ1) is 25.0. The molecule has 2 aliphatic heterocycles. The number of ether oxygens (including phenoxy) is 2. The summed E-state index contributed by atoms with van der Waals surface area (Å²) in [6.07, 6.45) is 0.553. The number of amides is 2. The van der Waals surface area contributed by atoms with Gasteiger partial charge in [-0.25, -0.2) is 9.78 Å². The first-order valence-corrected chi connectivity index (χ1v) is 12.4. The second kappa shape index (κ2) is 10.8. The fraction of sp³-hybridized carbons (Fsp3) is 0.321. The SMILES string of the molecule is Cc1cc(C#N)cc(C)c1Oc1nc(Nc2ccc(C#N)cc2)nc2c1CN(C(=O)N1CCOCC1)CC2. The highest BCUT2D eigenvalue weighted by atomic mass is 16.5. The lowest BCUT2D eigenvalue weighted by atomic mass is 10.1. The number of urea groups is 1. The first-order chi connectivity index (χ1) is 18.4. The Balaban J connectivity index is 1.49. The number of carbonyl (C=O) groups is 1. The van der Waals surface area contributed by atoms with Gasteiger partial charge in [0.1, 0.15) is 5.75 Å². The third-order valence-electron chi connectivity index (χ3n) is 6.63. The third-order valence-corrected chi connectivity index (χ3v) is 6.63. The minimum absolute atomic E-state index is 0.0320. The van der Waals surface area contributed by atoms with Gasteiger partial charge in [0.25, 0.3) is 0 Å². The quantitative estimate of drug-likeness (QED) is 0.555. The number of nitrogens with zero attached hydrogens (tertiary/aromatic N) is 6. The van der Waals surface area contributed by atoms with E-state index in [0.29, 0.717) is 74.5 Å². The Morgan fingerprint density at radius 1 is 0.974 bits per heavy atom. The number of nitrogens with one attached hydrogen (secondary N) is 1. The molecule has 3 aromatic rings. The molecule has 192 valence electrons. The minimum Gasteiger partial charge on any atom is -0.438 e. The topological polar surface area (TPSA) is 127 Å². The largest absolute Gasteiger partial charge is 0.438 e. The predicted octanol–water partition coefficient (Wildman–Crippen LogP) is 4.18.